The van der Waals surface area contributed by atoms with Crippen molar-refractivity contribution in [2.75, 3.05) is 19.6 Å². The Hall–Kier alpha value is -3.82. The molecule has 2 aromatic carbocycles. The van der Waals surface area contributed by atoms with Crippen molar-refractivity contribution in [3.8, 4) is 0 Å². The van der Waals surface area contributed by atoms with Gasteiger partial charge >= 0.3 is 0 Å². The lowest BCUT2D eigenvalue weighted by molar-refractivity contribution is -0.154. The van der Waals surface area contributed by atoms with Crippen LogP contribution in [0.15, 0.2) is 71.3 Å². The molecule has 2 heterocycles. The minimum absolute atomic E-state index is 0.110. The van der Waals surface area contributed by atoms with Crippen molar-refractivity contribution in [1.29, 1.82) is 0 Å². The topological polar surface area (TPSA) is 133 Å². The SMILES string of the molecule is CCC(=O)C1(c2ccccc2)CCN(C(=O)C(O)C(O)C(=O)NCCc2nc(Cc3ccccc3)co2)CC1. The molecule has 1 aromatic heterocycles. The fraction of sp³-hybridized carbons (Fsp3) is 0.400. The fourth-order valence-electron chi connectivity index (χ4n) is 5.15. The van der Waals surface area contributed by atoms with Crippen LogP contribution in [0, 0.1) is 0 Å². The number of likely N-dealkylation sites (tertiary alicyclic amines) is 1. The average Bonchev–Trinajstić information content (AvgIpc) is 3.43. The standard InChI is InChI=1S/C30H35N3O6/c1-2-24(34)30(22-11-7-4-8-12-22)14-17-33(18-15-30)29(38)27(36)26(35)28(37)31-16-13-25-32-23(20-39-25)19-21-9-5-3-6-10-21/h3-12,20,26-27,35-36H,2,13-19H2,1H3,(H,31,37). The summed E-state index contributed by atoms with van der Waals surface area (Å²) in [5.41, 5.74) is 2.10. The number of carbonyl (C=O) groups excluding carboxylic acids is 3. The number of nitrogens with one attached hydrogen (secondary N) is 1. The summed E-state index contributed by atoms with van der Waals surface area (Å²) in [5.74, 6) is -1.05. The Bertz CT molecular complexity index is 1250. The molecule has 0 aliphatic carbocycles. The maximum Gasteiger partial charge on any atom is 0.254 e. The number of oxazole rings is 1. The molecule has 2 atom stereocenters. The molecule has 2 amide bonds. The summed E-state index contributed by atoms with van der Waals surface area (Å²) in [4.78, 5) is 44.1. The third-order valence-corrected chi connectivity index (χ3v) is 7.40. The molecule has 1 aliphatic rings. The number of hydrogen-bond donors (Lipinski definition) is 3. The summed E-state index contributed by atoms with van der Waals surface area (Å²) in [6.07, 6.45) is -0.147. The molecule has 9 heteroatoms. The highest BCUT2D eigenvalue weighted by atomic mass is 16.3. The first-order chi connectivity index (χ1) is 18.8. The summed E-state index contributed by atoms with van der Waals surface area (Å²) in [7, 11) is 0. The van der Waals surface area contributed by atoms with E-state index < -0.39 is 29.4 Å². The molecule has 4 rings (SSSR count). The van der Waals surface area contributed by atoms with Gasteiger partial charge < -0.3 is 24.8 Å². The third-order valence-electron chi connectivity index (χ3n) is 7.40. The van der Waals surface area contributed by atoms with Gasteiger partial charge in [0.05, 0.1) is 11.1 Å². The van der Waals surface area contributed by atoms with Crippen molar-refractivity contribution >= 4 is 17.6 Å². The van der Waals surface area contributed by atoms with Gasteiger partial charge in [0, 0.05) is 38.9 Å². The highest BCUT2D eigenvalue weighted by molar-refractivity contribution is 5.92. The summed E-state index contributed by atoms with van der Waals surface area (Å²) in [5, 5.41) is 23.3. The van der Waals surface area contributed by atoms with Crippen molar-refractivity contribution in [3.05, 3.63) is 89.6 Å². The van der Waals surface area contributed by atoms with E-state index in [9.17, 15) is 24.6 Å². The van der Waals surface area contributed by atoms with Gasteiger partial charge in [0.15, 0.2) is 18.1 Å². The zero-order valence-corrected chi connectivity index (χ0v) is 22.1. The van der Waals surface area contributed by atoms with E-state index in [-0.39, 0.29) is 31.8 Å². The van der Waals surface area contributed by atoms with Gasteiger partial charge in [0.25, 0.3) is 11.8 Å². The van der Waals surface area contributed by atoms with E-state index in [4.69, 9.17) is 4.42 Å². The van der Waals surface area contributed by atoms with Crippen molar-refractivity contribution in [2.24, 2.45) is 0 Å². The largest absolute Gasteiger partial charge is 0.449 e. The number of carbonyl (C=O) groups is 3. The van der Waals surface area contributed by atoms with Gasteiger partial charge in [-0.2, -0.15) is 0 Å². The lowest BCUT2D eigenvalue weighted by Gasteiger charge is -2.41. The zero-order chi connectivity index (χ0) is 27.8. The minimum Gasteiger partial charge on any atom is -0.449 e. The number of aliphatic hydroxyl groups is 2. The first-order valence-corrected chi connectivity index (χ1v) is 13.3. The Morgan fingerprint density at radius 3 is 2.28 bits per heavy atom. The second kappa shape index (κ2) is 12.8. The molecule has 9 nitrogen and oxygen atoms in total. The van der Waals surface area contributed by atoms with E-state index in [0.717, 1.165) is 16.8 Å². The molecule has 1 saturated heterocycles. The Morgan fingerprint density at radius 1 is 1.00 bits per heavy atom. The summed E-state index contributed by atoms with van der Waals surface area (Å²) < 4.78 is 5.46. The molecule has 0 radical (unpaired) electrons. The molecule has 1 aliphatic heterocycles. The molecule has 1 fully saturated rings. The van der Waals surface area contributed by atoms with Crippen molar-refractivity contribution in [3.63, 3.8) is 0 Å². The van der Waals surface area contributed by atoms with Crippen LogP contribution in [0.4, 0.5) is 0 Å². The number of ketones is 1. The number of Topliss-reactive ketones (excluding diaryl/α,β-unsaturated/α-hetero) is 1. The van der Waals surface area contributed by atoms with Crippen LogP contribution < -0.4 is 5.32 Å². The quantitative estimate of drug-likeness (QED) is 0.344. The van der Waals surface area contributed by atoms with E-state index in [0.29, 0.717) is 31.6 Å². The maximum absolute atomic E-state index is 12.9. The number of rotatable bonds is 11. The van der Waals surface area contributed by atoms with Crippen molar-refractivity contribution in [1.82, 2.24) is 15.2 Å². The molecule has 206 valence electrons. The Labute approximate surface area is 227 Å². The molecule has 3 N–H and O–H groups in total. The van der Waals surface area contributed by atoms with E-state index in [1.54, 1.807) is 6.26 Å². The third kappa shape index (κ3) is 6.61. The number of aliphatic hydroxyl groups excluding tert-OH is 2. The summed E-state index contributed by atoms with van der Waals surface area (Å²) >= 11 is 0. The van der Waals surface area contributed by atoms with Gasteiger partial charge in [-0.1, -0.05) is 67.6 Å². The normalized spacial score (nSPS) is 16.3. The van der Waals surface area contributed by atoms with Crippen LogP contribution in [0.25, 0.3) is 0 Å². The molecule has 3 aromatic rings. The predicted molar refractivity (Wildman–Crippen MR) is 144 cm³/mol. The van der Waals surface area contributed by atoms with E-state index in [1.165, 1.54) is 4.90 Å². The predicted octanol–water partition coefficient (Wildman–Crippen LogP) is 2.19. The van der Waals surface area contributed by atoms with Crippen molar-refractivity contribution in [2.45, 2.75) is 56.7 Å². The van der Waals surface area contributed by atoms with Crippen molar-refractivity contribution < 1.29 is 29.0 Å². The molecular formula is C30H35N3O6. The van der Waals surface area contributed by atoms with Crippen LogP contribution in [0.2, 0.25) is 0 Å². The summed E-state index contributed by atoms with van der Waals surface area (Å²) in [6.45, 7) is 2.42. The van der Waals surface area contributed by atoms with E-state index in [1.807, 2.05) is 67.6 Å². The maximum atomic E-state index is 12.9. The van der Waals surface area contributed by atoms with Crippen LogP contribution in [0.3, 0.4) is 0 Å². The molecule has 39 heavy (non-hydrogen) atoms. The fourth-order valence-corrected chi connectivity index (χ4v) is 5.15. The zero-order valence-electron chi connectivity index (χ0n) is 22.1. The number of amides is 2. The van der Waals surface area contributed by atoms with Gasteiger partial charge in [0.2, 0.25) is 0 Å². The van der Waals surface area contributed by atoms with E-state index >= 15 is 0 Å². The lowest BCUT2D eigenvalue weighted by atomic mass is 9.69. The number of hydrogen-bond acceptors (Lipinski definition) is 7. The lowest BCUT2D eigenvalue weighted by Crippen LogP contribution is -2.55. The average molecular weight is 534 g/mol. The van der Waals surface area contributed by atoms with E-state index in [2.05, 4.69) is 10.3 Å². The number of aromatic nitrogens is 1. The first kappa shape index (κ1) is 28.2. The van der Waals surface area contributed by atoms with Gasteiger partial charge in [-0.15, -0.1) is 0 Å². The Morgan fingerprint density at radius 2 is 1.64 bits per heavy atom. The first-order valence-electron chi connectivity index (χ1n) is 13.3. The van der Waals surface area contributed by atoms with Gasteiger partial charge in [-0.25, -0.2) is 4.98 Å². The second-order valence-electron chi connectivity index (χ2n) is 9.88. The Kier molecular flexibility index (Phi) is 9.27. The Balaban J connectivity index is 1.26. The van der Waals surface area contributed by atoms with Crippen LogP contribution in [-0.4, -0.2) is 69.5 Å². The molecule has 0 bridgehead atoms. The molecule has 2 unspecified atom stereocenters. The van der Waals surface area contributed by atoms with Crippen LogP contribution in [-0.2, 0) is 32.6 Å². The van der Waals surface area contributed by atoms with Crippen LogP contribution in [0.5, 0.6) is 0 Å². The molecular weight excluding hydrogens is 498 g/mol. The highest BCUT2D eigenvalue weighted by Gasteiger charge is 2.44. The van der Waals surface area contributed by atoms with Crippen LogP contribution >= 0.6 is 0 Å². The number of piperidine rings is 1. The molecule has 0 saturated carbocycles. The van der Waals surface area contributed by atoms with Gasteiger partial charge in [0.1, 0.15) is 12.0 Å². The molecule has 0 spiro atoms. The number of nitrogens with zero attached hydrogens (tertiary/aromatic N) is 2. The summed E-state index contributed by atoms with van der Waals surface area (Å²) in [6, 6.07) is 19.4. The van der Waals surface area contributed by atoms with Crippen LogP contribution in [0.1, 0.15) is 48.9 Å². The second-order valence-corrected chi connectivity index (χ2v) is 9.88. The highest BCUT2D eigenvalue weighted by Crippen LogP contribution is 2.37. The smallest absolute Gasteiger partial charge is 0.254 e. The minimum atomic E-state index is -1.92. The monoisotopic (exact) mass is 533 g/mol. The number of benzene rings is 2. The van der Waals surface area contributed by atoms with Gasteiger partial charge in [-0.05, 0) is 24.0 Å². The van der Waals surface area contributed by atoms with Gasteiger partial charge in [-0.3, -0.25) is 14.4 Å².